The zero-order valence-corrected chi connectivity index (χ0v) is 19.4. The molecule has 1 aliphatic rings. The normalized spacial score (nSPS) is 13.8. The summed E-state index contributed by atoms with van der Waals surface area (Å²) < 4.78 is 5.02. The van der Waals surface area contributed by atoms with E-state index in [0.29, 0.717) is 31.8 Å². The van der Waals surface area contributed by atoms with Gasteiger partial charge in [-0.05, 0) is 49.1 Å². The fourth-order valence-corrected chi connectivity index (χ4v) is 4.06. The van der Waals surface area contributed by atoms with Crippen molar-refractivity contribution in [2.75, 3.05) is 43.0 Å². The first kappa shape index (κ1) is 23.3. The van der Waals surface area contributed by atoms with E-state index < -0.39 is 0 Å². The van der Waals surface area contributed by atoms with E-state index in [-0.39, 0.29) is 12.0 Å². The maximum Gasteiger partial charge on any atom is 0.339 e. The molecule has 0 saturated carbocycles. The number of benzene rings is 2. The van der Waals surface area contributed by atoms with Crippen LogP contribution in [0.1, 0.15) is 34.8 Å². The maximum atomic E-state index is 13.1. The van der Waals surface area contributed by atoms with Gasteiger partial charge in [0.25, 0.3) is 0 Å². The zero-order valence-electron chi connectivity index (χ0n) is 19.4. The van der Waals surface area contributed by atoms with Crippen LogP contribution in [-0.2, 0) is 11.2 Å². The summed E-state index contributed by atoms with van der Waals surface area (Å²) in [5.74, 6) is 0.427. The number of rotatable bonds is 6. The number of esters is 1. The lowest BCUT2D eigenvalue weighted by Crippen LogP contribution is -2.38. The molecule has 7 nitrogen and oxygen atoms in total. The second-order valence-corrected chi connectivity index (χ2v) is 8.20. The summed E-state index contributed by atoms with van der Waals surface area (Å²) >= 11 is 0. The Balaban J connectivity index is 1.37. The Bertz CT molecular complexity index is 1100. The number of hydrogen-bond donors (Lipinski definition) is 1. The molecule has 0 unspecified atom stereocenters. The van der Waals surface area contributed by atoms with Crippen molar-refractivity contribution in [3.63, 3.8) is 0 Å². The van der Waals surface area contributed by atoms with Crippen molar-refractivity contribution in [3.05, 3.63) is 89.6 Å². The number of carbonyl (C=O) groups is 2. The van der Waals surface area contributed by atoms with Gasteiger partial charge in [0, 0.05) is 38.1 Å². The predicted molar refractivity (Wildman–Crippen MR) is 133 cm³/mol. The minimum absolute atomic E-state index is 0.0898. The Morgan fingerprint density at radius 2 is 1.74 bits per heavy atom. The summed E-state index contributed by atoms with van der Waals surface area (Å²) in [5, 5.41) is 3.12. The van der Waals surface area contributed by atoms with Crippen molar-refractivity contribution in [2.45, 2.75) is 19.8 Å². The largest absolute Gasteiger partial charge is 0.462 e. The molecule has 176 valence electrons. The number of amides is 2. The van der Waals surface area contributed by atoms with Crippen molar-refractivity contribution in [1.29, 1.82) is 0 Å². The van der Waals surface area contributed by atoms with Crippen molar-refractivity contribution in [1.82, 2.24) is 9.88 Å². The lowest BCUT2D eigenvalue weighted by molar-refractivity contribution is 0.0526. The van der Waals surface area contributed by atoms with Gasteiger partial charge in [0.1, 0.15) is 5.82 Å². The molecule has 34 heavy (non-hydrogen) atoms. The van der Waals surface area contributed by atoms with Crippen LogP contribution in [-0.4, -0.2) is 54.7 Å². The summed E-state index contributed by atoms with van der Waals surface area (Å²) in [5.41, 5.74) is 3.57. The average Bonchev–Trinajstić information content (AvgIpc) is 3.13. The Kier molecular flexibility index (Phi) is 7.75. The van der Waals surface area contributed by atoms with Crippen molar-refractivity contribution in [3.8, 4) is 0 Å². The Morgan fingerprint density at radius 3 is 2.50 bits per heavy atom. The van der Waals surface area contributed by atoms with Gasteiger partial charge in [-0.25, -0.2) is 14.6 Å². The van der Waals surface area contributed by atoms with Gasteiger partial charge in [-0.1, -0.05) is 48.5 Å². The molecule has 4 rings (SSSR count). The van der Waals surface area contributed by atoms with Crippen LogP contribution in [0.25, 0.3) is 0 Å². The summed E-state index contributed by atoms with van der Waals surface area (Å²) in [6.07, 6.45) is 3.14. The third-order valence-corrected chi connectivity index (χ3v) is 5.86. The molecule has 0 radical (unpaired) electrons. The van der Waals surface area contributed by atoms with Crippen molar-refractivity contribution < 1.29 is 14.3 Å². The van der Waals surface area contributed by atoms with Crippen LogP contribution in [0.4, 0.5) is 16.3 Å². The second kappa shape index (κ2) is 11.3. The number of urea groups is 1. The smallest absolute Gasteiger partial charge is 0.339 e. The zero-order chi connectivity index (χ0) is 23.8. The van der Waals surface area contributed by atoms with Gasteiger partial charge in [-0.3, -0.25) is 0 Å². The number of para-hydroxylation sites is 1. The number of ether oxygens (including phenoxy) is 1. The molecule has 1 aromatic heterocycles. The Morgan fingerprint density at radius 1 is 0.941 bits per heavy atom. The first-order chi connectivity index (χ1) is 16.6. The Hall–Kier alpha value is -3.87. The SMILES string of the molecule is CCOC(=O)c1ccc(N2CCCN(C(=O)Nc3ccccc3Cc3ccccc3)CC2)nc1. The van der Waals surface area contributed by atoms with Gasteiger partial charge in [0.15, 0.2) is 0 Å². The maximum absolute atomic E-state index is 13.1. The molecule has 1 saturated heterocycles. The van der Waals surface area contributed by atoms with Crippen LogP contribution in [0, 0.1) is 0 Å². The summed E-state index contributed by atoms with van der Waals surface area (Å²) in [7, 11) is 0. The van der Waals surface area contributed by atoms with Gasteiger partial charge in [0.2, 0.25) is 0 Å². The monoisotopic (exact) mass is 458 g/mol. The molecule has 7 heteroatoms. The molecular formula is C27H30N4O3. The molecule has 0 aliphatic carbocycles. The predicted octanol–water partition coefficient (Wildman–Crippen LogP) is 4.59. The number of anilines is 2. The van der Waals surface area contributed by atoms with Crippen LogP contribution in [0.2, 0.25) is 0 Å². The molecule has 2 heterocycles. The van der Waals surface area contributed by atoms with Gasteiger partial charge in [0.05, 0.1) is 12.2 Å². The number of pyridine rings is 1. The van der Waals surface area contributed by atoms with E-state index >= 15 is 0 Å². The van der Waals surface area contributed by atoms with Gasteiger partial charge in [-0.15, -0.1) is 0 Å². The second-order valence-electron chi connectivity index (χ2n) is 8.20. The van der Waals surface area contributed by atoms with Crippen LogP contribution in [0.5, 0.6) is 0 Å². The fourth-order valence-electron chi connectivity index (χ4n) is 4.06. The third kappa shape index (κ3) is 5.92. The van der Waals surface area contributed by atoms with E-state index in [1.54, 1.807) is 19.2 Å². The highest BCUT2D eigenvalue weighted by molar-refractivity contribution is 5.90. The number of hydrogen-bond acceptors (Lipinski definition) is 5. The molecule has 2 amide bonds. The van der Waals surface area contributed by atoms with Gasteiger partial charge < -0.3 is 19.9 Å². The average molecular weight is 459 g/mol. The first-order valence-electron chi connectivity index (χ1n) is 11.7. The van der Waals surface area contributed by atoms with Crippen LogP contribution >= 0.6 is 0 Å². The molecule has 1 N–H and O–H groups in total. The fraction of sp³-hybridized carbons (Fsp3) is 0.296. The van der Waals surface area contributed by atoms with E-state index in [9.17, 15) is 9.59 Å². The molecule has 0 atom stereocenters. The topological polar surface area (TPSA) is 74.8 Å². The number of aromatic nitrogens is 1. The number of nitrogens with one attached hydrogen (secondary N) is 1. The molecule has 0 bridgehead atoms. The van der Waals surface area contributed by atoms with E-state index in [2.05, 4.69) is 33.4 Å². The quantitative estimate of drug-likeness (QED) is 0.547. The molecular weight excluding hydrogens is 428 g/mol. The van der Waals surface area contributed by atoms with E-state index in [4.69, 9.17) is 4.74 Å². The highest BCUT2D eigenvalue weighted by Gasteiger charge is 2.21. The van der Waals surface area contributed by atoms with E-state index in [0.717, 1.165) is 36.5 Å². The standard InChI is InChI=1S/C27H30N4O3/c1-2-34-26(32)23-13-14-25(28-20-23)30-15-8-16-31(18-17-30)27(33)29-24-12-7-6-11-22(24)19-21-9-4-3-5-10-21/h3-7,9-14,20H,2,8,15-19H2,1H3,(H,29,33). The van der Waals surface area contributed by atoms with Crippen molar-refractivity contribution in [2.24, 2.45) is 0 Å². The number of nitrogens with zero attached hydrogens (tertiary/aromatic N) is 3. The summed E-state index contributed by atoms with van der Waals surface area (Å²) in [4.78, 5) is 33.4. The van der Waals surface area contributed by atoms with Crippen LogP contribution < -0.4 is 10.2 Å². The lowest BCUT2D eigenvalue weighted by atomic mass is 10.0. The van der Waals surface area contributed by atoms with Crippen molar-refractivity contribution >= 4 is 23.5 Å². The van der Waals surface area contributed by atoms with Gasteiger partial charge >= 0.3 is 12.0 Å². The molecule has 1 aliphatic heterocycles. The molecule has 1 fully saturated rings. The highest BCUT2D eigenvalue weighted by Crippen LogP contribution is 2.20. The summed E-state index contributed by atoms with van der Waals surface area (Å²) in [6.45, 7) is 4.84. The summed E-state index contributed by atoms with van der Waals surface area (Å²) in [6, 6.07) is 21.7. The van der Waals surface area contributed by atoms with Gasteiger partial charge in [-0.2, -0.15) is 0 Å². The van der Waals surface area contributed by atoms with Crippen LogP contribution in [0.15, 0.2) is 72.9 Å². The molecule has 2 aromatic carbocycles. The highest BCUT2D eigenvalue weighted by atomic mass is 16.5. The minimum Gasteiger partial charge on any atom is -0.462 e. The first-order valence-corrected chi connectivity index (χ1v) is 11.7. The van der Waals surface area contributed by atoms with E-state index in [1.165, 1.54) is 5.56 Å². The van der Waals surface area contributed by atoms with E-state index in [1.807, 2.05) is 47.4 Å². The Labute approximate surface area is 200 Å². The third-order valence-electron chi connectivity index (χ3n) is 5.86. The number of carbonyl (C=O) groups excluding carboxylic acids is 2. The molecule has 0 spiro atoms. The molecule has 3 aromatic rings. The minimum atomic E-state index is -0.368. The lowest BCUT2D eigenvalue weighted by Gasteiger charge is -2.23. The van der Waals surface area contributed by atoms with Crippen LogP contribution in [0.3, 0.4) is 0 Å².